The summed E-state index contributed by atoms with van der Waals surface area (Å²) < 4.78 is 19.4. The molecule has 102 valence electrons. The molecule has 0 amide bonds. The van der Waals surface area contributed by atoms with E-state index in [0.717, 1.165) is 0 Å². The zero-order valence-corrected chi connectivity index (χ0v) is 11.4. The average Bonchev–Trinajstić information content (AvgIpc) is 2.82. The van der Waals surface area contributed by atoms with Gasteiger partial charge in [0.2, 0.25) is 11.8 Å². The summed E-state index contributed by atoms with van der Waals surface area (Å²) in [6.07, 6.45) is 0. The molecule has 5 heteroatoms. The van der Waals surface area contributed by atoms with Crippen LogP contribution < -0.4 is 5.73 Å². The first-order valence-corrected chi connectivity index (χ1v) is 6.22. The summed E-state index contributed by atoms with van der Waals surface area (Å²) in [5.74, 6) is 0.160. The molecule has 0 aliphatic rings. The summed E-state index contributed by atoms with van der Waals surface area (Å²) >= 11 is 0. The molecule has 2 aromatic rings. The van der Waals surface area contributed by atoms with Crippen LogP contribution in [0.1, 0.15) is 44.0 Å². The van der Waals surface area contributed by atoms with Crippen molar-refractivity contribution >= 4 is 0 Å². The lowest BCUT2D eigenvalue weighted by atomic mass is 9.97. The van der Waals surface area contributed by atoms with E-state index in [9.17, 15) is 4.39 Å². The van der Waals surface area contributed by atoms with Crippen molar-refractivity contribution in [1.82, 2.24) is 10.2 Å². The maximum absolute atomic E-state index is 13.8. The Bertz CT molecular complexity index is 560. The van der Waals surface area contributed by atoms with Gasteiger partial charge < -0.3 is 10.2 Å². The minimum atomic E-state index is -0.412. The van der Waals surface area contributed by atoms with Gasteiger partial charge in [0.05, 0.1) is 5.92 Å². The maximum atomic E-state index is 13.8. The molecule has 0 aliphatic carbocycles. The predicted octanol–water partition coefficient (Wildman–Crippen LogP) is 2.60. The van der Waals surface area contributed by atoms with Crippen LogP contribution >= 0.6 is 0 Å². The summed E-state index contributed by atoms with van der Waals surface area (Å²) in [5, 5.41) is 8.02. The lowest BCUT2D eigenvalue weighted by Crippen LogP contribution is -2.15. The fourth-order valence-corrected chi connectivity index (χ4v) is 1.80. The van der Waals surface area contributed by atoms with E-state index in [1.807, 2.05) is 20.8 Å². The van der Waals surface area contributed by atoms with Crippen LogP contribution in [0.4, 0.5) is 4.39 Å². The highest BCUT2D eigenvalue weighted by atomic mass is 19.1. The van der Waals surface area contributed by atoms with E-state index in [2.05, 4.69) is 10.2 Å². The fourth-order valence-electron chi connectivity index (χ4n) is 1.80. The summed E-state index contributed by atoms with van der Waals surface area (Å²) in [6.45, 7) is 6.15. The lowest BCUT2D eigenvalue weighted by molar-refractivity contribution is 0.362. The van der Waals surface area contributed by atoms with E-state index in [-0.39, 0.29) is 17.8 Å². The van der Waals surface area contributed by atoms with Crippen molar-refractivity contribution in [3.63, 3.8) is 0 Å². The molecule has 2 N–H and O–H groups in total. The molecule has 2 rings (SSSR count). The Morgan fingerprint density at radius 2 is 1.95 bits per heavy atom. The smallest absolute Gasteiger partial charge is 0.225 e. The third-order valence-electron chi connectivity index (χ3n) is 2.90. The van der Waals surface area contributed by atoms with Crippen LogP contribution in [0.25, 0.3) is 0 Å². The minimum absolute atomic E-state index is 0.215. The second kappa shape index (κ2) is 5.09. The largest absolute Gasteiger partial charge is 0.424 e. The van der Waals surface area contributed by atoms with E-state index >= 15 is 0 Å². The van der Waals surface area contributed by atoms with Crippen molar-refractivity contribution in [3.05, 3.63) is 47.4 Å². The van der Waals surface area contributed by atoms with Gasteiger partial charge in [-0.25, -0.2) is 4.39 Å². The third-order valence-corrected chi connectivity index (χ3v) is 2.90. The maximum Gasteiger partial charge on any atom is 0.225 e. The number of rotatable bonds is 3. The average molecular weight is 263 g/mol. The molecular formula is C14H18FN3O. The van der Waals surface area contributed by atoms with Crippen molar-refractivity contribution in [1.29, 1.82) is 0 Å². The molecular weight excluding hydrogens is 245 g/mol. The number of aromatic nitrogens is 2. The van der Waals surface area contributed by atoms with Crippen LogP contribution in [0.15, 0.2) is 28.7 Å². The number of hydrogen-bond acceptors (Lipinski definition) is 4. The number of halogens is 1. The van der Waals surface area contributed by atoms with E-state index in [0.29, 0.717) is 17.3 Å². The Balaban J connectivity index is 2.38. The van der Waals surface area contributed by atoms with E-state index in [4.69, 9.17) is 10.2 Å². The zero-order valence-electron chi connectivity index (χ0n) is 11.4. The summed E-state index contributed by atoms with van der Waals surface area (Å²) in [7, 11) is 0. The molecule has 0 spiro atoms. The lowest BCUT2D eigenvalue weighted by Gasteiger charge is -2.13. The van der Waals surface area contributed by atoms with Gasteiger partial charge in [0.15, 0.2) is 0 Å². The topological polar surface area (TPSA) is 64.9 Å². The van der Waals surface area contributed by atoms with Gasteiger partial charge in [-0.3, -0.25) is 0 Å². The molecule has 0 saturated carbocycles. The SMILES string of the molecule is CC(C)(C)c1nnc(C(CN)c2ccccc2F)o1. The Morgan fingerprint density at radius 1 is 1.26 bits per heavy atom. The van der Waals surface area contributed by atoms with Crippen molar-refractivity contribution < 1.29 is 8.81 Å². The Hall–Kier alpha value is -1.75. The van der Waals surface area contributed by atoms with Crippen molar-refractivity contribution in [2.24, 2.45) is 5.73 Å². The number of hydrogen-bond donors (Lipinski definition) is 1. The Kier molecular flexibility index (Phi) is 3.66. The van der Waals surface area contributed by atoms with E-state index in [1.54, 1.807) is 18.2 Å². The number of nitrogens with two attached hydrogens (primary N) is 1. The van der Waals surface area contributed by atoms with Crippen LogP contribution in [0, 0.1) is 5.82 Å². The molecule has 0 radical (unpaired) electrons. The van der Waals surface area contributed by atoms with Gasteiger partial charge in [0, 0.05) is 17.5 Å². The molecule has 1 atom stereocenters. The van der Waals surface area contributed by atoms with Crippen LogP contribution in [-0.4, -0.2) is 16.7 Å². The molecule has 0 saturated heterocycles. The molecule has 1 heterocycles. The van der Waals surface area contributed by atoms with Gasteiger partial charge in [-0.1, -0.05) is 39.0 Å². The predicted molar refractivity (Wildman–Crippen MR) is 70.3 cm³/mol. The first-order chi connectivity index (χ1) is 8.93. The van der Waals surface area contributed by atoms with Gasteiger partial charge in [-0.15, -0.1) is 10.2 Å². The summed E-state index contributed by atoms with van der Waals surface area (Å²) in [4.78, 5) is 0. The number of nitrogens with zero attached hydrogens (tertiary/aromatic N) is 2. The van der Waals surface area contributed by atoms with Gasteiger partial charge in [0.25, 0.3) is 0 Å². The normalized spacial score (nSPS) is 13.5. The molecule has 0 bridgehead atoms. The standard InChI is InChI=1S/C14H18FN3O/c1-14(2,3)13-18-17-12(19-13)10(8-16)9-6-4-5-7-11(9)15/h4-7,10H,8,16H2,1-3H3. The van der Waals surface area contributed by atoms with Gasteiger partial charge in [-0.05, 0) is 6.07 Å². The summed E-state index contributed by atoms with van der Waals surface area (Å²) in [5.41, 5.74) is 5.97. The highest BCUT2D eigenvalue weighted by Crippen LogP contribution is 2.28. The quantitative estimate of drug-likeness (QED) is 0.924. The highest BCUT2D eigenvalue weighted by Gasteiger charge is 2.26. The van der Waals surface area contributed by atoms with Crippen molar-refractivity contribution in [2.75, 3.05) is 6.54 Å². The zero-order chi connectivity index (χ0) is 14.0. The van der Waals surface area contributed by atoms with Crippen molar-refractivity contribution in [3.8, 4) is 0 Å². The first-order valence-electron chi connectivity index (χ1n) is 6.22. The van der Waals surface area contributed by atoms with Gasteiger partial charge in [0.1, 0.15) is 5.82 Å². The molecule has 1 aromatic heterocycles. The van der Waals surface area contributed by atoms with Crippen LogP contribution in [0.2, 0.25) is 0 Å². The first kappa shape index (κ1) is 13.7. The fraction of sp³-hybridized carbons (Fsp3) is 0.429. The molecule has 0 aliphatic heterocycles. The van der Waals surface area contributed by atoms with Crippen LogP contribution in [0.3, 0.4) is 0 Å². The van der Waals surface area contributed by atoms with Gasteiger partial charge in [-0.2, -0.15) is 0 Å². The highest BCUT2D eigenvalue weighted by molar-refractivity contribution is 5.26. The molecule has 1 unspecified atom stereocenters. The van der Waals surface area contributed by atoms with E-state index in [1.165, 1.54) is 6.07 Å². The number of benzene rings is 1. The van der Waals surface area contributed by atoms with Crippen LogP contribution in [0.5, 0.6) is 0 Å². The van der Waals surface area contributed by atoms with Crippen LogP contribution in [-0.2, 0) is 5.41 Å². The third kappa shape index (κ3) is 2.81. The second-order valence-corrected chi connectivity index (χ2v) is 5.51. The molecule has 19 heavy (non-hydrogen) atoms. The molecule has 1 aromatic carbocycles. The van der Waals surface area contributed by atoms with Gasteiger partial charge >= 0.3 is 0 Å². The molecule has 4 nitrogen and oxygen atoms in total. The molecule has 0 fully saturated rings. The second-order valence-electron chi connectivity index (χ2n) is 5.51. The minimum Gasteiger partial charge on any atom is -0.424 e. The Morgan fingerprint density at radius 3 is 2.47 bits per heavy atom. The monoisotopic (exact) mass is 263 g/mol. The Labute approximate surface area is 111 Å². The van der Waals surface area contributed by atoms with E-state index < -0.39 is 5.92 Å². The summed E-state index contributed by atoms with van der Waals surface area (Å²) in [6, 6.07) is 6.50. The van der Waals surface area contributed by atoms with Crippen molar-refractivity contribution in [2.45, 2.75) is 32.1 Å².